The maximum Gasteiger partial charge on any atom is 0.227 e. The Balaban J connectivity index is 1.58. The number of methoxy groups -OCH3 is 3. The molecule has 35 heavy (non-hydrogen) atoms. The molecule has 182 valence electrons. The van der Waals surface area contributed by atoms with E-state index in [0.29, 0.717) is 51.1 Å². The quantitative estimate of drug-likeness (QED) is 0.428. The van der Waals surface area contributed by atoms with Gasteiger partial charge in [-0.25, -0.2) is 4.68 Å². The Morgan fingerprint density at radius 2 is 1.86 bits per heavy atom. The highest BCUT2D eigenvalue weighted by molar-refractivity contribution is 7.98. The molecule has 10 heteroatoms. The van der Waals surface area contributed by atoms with Gasteiger partial charge in [0.05, 0.1) is 21.3 Å². The van der Waals surface area contributed by atoms with E-state index in [-0.39, 0.29) is 5.78 Å². The second-order valence-corrected chi connectivity index (χ2v) is 9.55. The van der Waals surface area contributed by atoms with Crippen molar-refractivity contribution in [3.8, 4) is 17.2 Å². The fraction of sp³-hybridized carbons (Fsp3) is 0.320. The summed E-state index contributed by atoms with van der Waals surface area (Å²) in [6.45, 7) is 0. The van der Waals surface area contributed by atoms with Crippen LogP contribution in [0.15, 0.2) is 52.8 Å². The predicted octanol–water partition coefficient (Wildman–Crippen LogP) is 5.27. The second kappa shape index (κ2) is 9.83. The number of halogens is 1. The lowest BCUT2D eigenvalue weighted by Crippen LogP contribution is -2.31. The first-order valence-corrected chi connectivity index (χ1v) is 12.6. The van der Waals surface area contributed by atoms with Crippen LogP contribution in [0.4, 0.5) is 5.95 Å². The van der Waals surface area contributed by atoms with E-state index in [1.165, 1.54) is 11.8 Å². The summed E-state index contributed by atoms with van der Waals surface area (Å²) in [4.78, 5) is 17.9. The molecule has 1 aliphatic heterocycles. The van der Waals surface area contributed by atoms with Crippen LogP contribution in [0.5, 0.6) is 17.2 Å². The molecule has 0 fully saturated rings. The normalized spacial score (nSPS) is 16.9. The van der Waals surface area contributed by atoms with Crippen LogP contribution in [0.1, 0.15) is 36.4 Å². The fourth-order valence-electron chi connectivity index (χ4n) is 4.52. The Kier molecular flexibility index (Phi) is 6.62. The third-order valence-corrected chi connectivity index (χ3v) is 7.42. The highest BCUT2D eigenvalue weighted by atomic mass is 35.5. The highest BCUT2D eigenvalue weighted by Crippen LogP contribution is 2.46. The number of ether oxygens (including phenoxy) is 3. The molecule has 8 nitrogen and oxygen atoms in total. The number of carbonyl (C=O) groups is 1. The van der Waals surface area contributed by atoms with E-state index in [9.17, 15) is 4.79 Å². The molecule has 0 spiro atoms. The SMILES string of the molecule is COc1cc([C@@H]2C3=C(CCCC3=O)Nc3nc(SCc4ccccc4Cl)nn32)cc(OC)c1OC. The minimum Gasteiger partial charge on any atom is -0.493 e. The average Bonchev–Trinajstić information content (AvgIpc) is 3.28. The number of Topliss-reactive ketones (excluding diaryl/α,β-unsaturated/α-hetero) is 1. The van der Waals surface area contributed by atoms with Gasteiger partial charge in [-0.2, -0.15) is 4.98 Å². The number of fused-ring (bicyclic) bond motifs is 1. The summed E-state index contributed by atoms with van der Waals surface area (Å²) in [6, 6.07) is 11.0. The van der Waals surface area contributed by atoms with Gasteiger partial charge in [0.2, 0.25) is 16.9 Å². The smallest absolute Gasteiger partial charge is 0.227 e. The van der Waals surface area contributed by atoms with Gasteiger partial charge in [0.25, 0.3) is 0 Å². The minimum atomic E-state index is -0.468. The summed E-state index contributed by atoms with van der Waals surface area (Å²) in [5, 5.41) is 9.46. The number of ketones is 1. The molecule has 0 amide bonds. The summed E-state index contributed by atoms with van der Waals surface area (Å²) in [5.74, 6) is 2.85. The zero-order chi connectivity index (χ0) is 24.5. The summed E-state index contributed by atoms with van der Waals surface area (Å²) in [7, 11) is 4.71. The van der Waals surface area contributed by atoms with Crippen molar-refractivity contribution in [3.63, 3.8) is 0 Å². The molecular formula is C25H25ClN4O4S. The molecule has 0 saturated carbocycles. The molecule has 0 saturated heterocycles. The van der Waals surface area contributed by atoms with Gasteiger partial charge in [0.1, 0.15) is 6.04 Å². The van der Waals surface area contributed by atoms with Crippen molar-refractivity contribution in [1.82, 2.24) is 14.8 Å². The molecular weight excluding hydrogens is 488 g/mol. The number of rotatable bonds is 7. The zero-order valence-electron chi connectivity index (χ0n) is 19.6. The number of hydrogen-bond donors (Lipinski definition) is 1. The van der Waals surface area contributed by atoms with Gasteiger partial charge < -0.3 is 19.5 Å². The Bertz CT molecular complexity index is 1300. The van der Waals surface area contributed by atoms with E-state index >= 15 is 0 Å². The van der Waals surface area contributed by atoms with E-state index in [1.54, 1.807) is 26.0 Å². The molecule has 5 rings (SSSR count). The topological polar surface area (TPSA) is 87.5 Å². The number of thioether (sulfide) groups is 1. The molecule has 1 aliphatic carbocycles. The summed E-state index contributed by atoms with van der Waals surface area (Å²) >= 11 is 7.82. The van der Waals surface area contributed by atoms with Gasteiger partial charge in [0.15, 0.2) is 17.3 Å². The fourth-order valence-corrected chi connectivity index (χ4v) is 5.64. The van der Waals surface area contributed by atoms with Crippen molar-refractivity contribution >= 4 is 35.1 Å². The Labute approximate surface area is 212 Å². The molecule has 2 heterocycles. The first-order chi connectivity index (χ1) is 17.0. The molecule has 0 unspecified atom stereocenters. The summed E-state index contributed by atoms with van der Waals surface area (Å²) < 4.78 is 18.4. The van der Waals surface area contributed by atoms with Crippen LogP contribution in [-0.4, -0.2) is 41.9 Å². The first kappa shape index (κ1) is 23.6. The van der Waals surface area contributed by atoms with E-state index in [0.717, 1.165) is 29.7 Å². The number of anilines is 1. The molecule has 1 aromatic heterocycles. The number of nitrogens with zero attached hydrogens (tertiary/aromatic N) is 3. The van der Waals surface area contributed by atoms with Crippen molar-refractivity contribution in [2.75, 3.05) is 26.6 Å². The molecule has 2 aromatic carbocycles. The van der Waals surface area contributed by atoms with Crippen LogP contribution in [-0.2, 0) is 10.5 Å². The molecule has 0 radical (unpaired) electrons. The van der Waals surface area contributed by atoms with Gasteiger partial charge in [0, 0.05) is 28.5 Å². The predicted molar refractivity (Wildman–Crippen MR) is 135 cm³/mol. The van der Waals surface area contributed by atoms with Crippen LogP contribution in [0.3, 0.4) is 0 Å². The van der Waals surface area contributed by atoms with Crippen LogP contribution >= 0.6 is 23.4 Å². The highest BCUT2D eigenvalue weighted by Gasteiger charge is 2.37. The van der Waals surface area contributed by atoms with Crippen molar-refractivity contribution < 1.29 is 19.0 Å². The molecule has 2 aliphatic rings. The largest absolute Gasteiger partial charge is 0.493 e. The monoisotopic (exact) mass is 512 g/mol. The van der Waals surface area contributed by atoms with Crippen LogP contribution < -0.4 is 19.5 Å². The van der Waals surface area contributed by atoms with Gasteiger partial charge in [-0.05, 0) is 42.2 Å². The standard InChI is InChI=1S/C25H25ClN4O4S/c1-32-19-11-15(12-20(33-2)23(19)34-3)22-21-17(9-6-10-18(21)31)27-24-28-25(29-30(22)24)35-13-14-7-4-5-8-16(14)26/h4-5,7-8,11-12,22H,6,9-10,13H2,1-3H3,(H,27,28,29)/t22-/m1/s1. The van der Waals surface area contributed by atoms with Crippen LogP contribution in [0.25, 0.3) is 0 Å². The maximum atomic E-state index is 13.1. The number of carbonyl (C=O) groups excluding carboxylic acids is 1. The van der Waals surface area contributed by atoms with Crippen molar-refractivity contribution in [3.05, 3.63) is 63.8 Å². The maximum absolute atomic E-state index is 13.1. The lowest BCUT2D eigenvalue weighted by molar-refractivity contribution is -0.116. The third-order valence-electron chi connectivity index (χ3n) is 6.17. The Morgan fingerprint density at radius 3 is 2.54 bits per heavy atom. The van der Waals surface area contributed by atoms with Gasteiger partial charge in [-0.1, -0.05) is 41.6 Å². The van der Waals surface area contributed by atoms with Crippen molar-refractivity contribution in [2.45, 2.75) is 36.2 Å². The lowest BCUT2D eigenvalue weighted by Gasteiger charge is -2.32. The van der Waals surface area contributed by atoms with Gasteiger partial charge >= 0.3 is 0 Å². The van der Waals surface area contributed by atoms with E-state index < -0.39 is 6.04 Å². The van der Waals surface area contributed by atoms with Crippen LogP contribution in [0, 0.1) is 0 Å². The van der Waals surface area contributed by atoms with Gasteiger partial charge in [-0.3, -0.25) is 4.79 Å². The molecule has 3 aromatic rings. The summed E-state index contributed by atoms with van der Waals surface area (Å²) in [5.41, 5.74) is 3.40. The lowest BCUT2D eigenvalue weighted by atomic mass is 9.85. The molecule has 0 bridgehead atoms. The van der Waals surface area contributed by atoms with Crippen molar-refractivity contribution in [1.29, 1.82) is 0 Å². The molecule has 1 atom stereocenters. The number of allylic oxidation sites excluding steroid dienone is 2. The van der Waals surface area contributed by atoms with E-state index in [2.05, 4.69) is 5.32 Å². The number of hydrogen-bond acceptors (Lipinski definition) is 8. The average molecular weight is 513 g/mol. The number of nitrogens with one attached hydrogen (secondary N) is 1. The summed E-state index contributed by atoms with van der Waals surface area (Å²) in [6.07, 6.45) is 2.07. The molecule has 1 N–H and O–H groups in total. The zero-order valence-corrected chi connectivity index (χ0v) is 21.2. The number of benzene rings is 2. The van der Waals surface area contributed by atoms with E-state index in [4.69, 9.17) is 35.9 Å². The van der Waals surface area contributed by atoms with Crippen molar-refractivity contribution in [2.24, 2.45) is 0 Å². The van der Waals surface area contributed by atoms with E-state index in [1.807, 2.05) is 36.4 Å². The Morgan fingerprint density at radius 1 is 1.11 bits per heavy atom. The van der Waals surface area contributed by atoms with Gasteiger partial charge in [-0.15, -0.1) is 5.10 Å². The second-order valence-electron chi connectivity index (χ2n) is 8.20. The number of aromatic nitrogens is 3. The third kappa shape index (κ3) is 4.34. The van der Waals surface area contributed by atoms with Crippen LogP contribution in [0.2, 0.25) is 5.02 Å². The Hall–Kier alpha value is -3.17. The first-order valence-electron chi connectivity index (χ1n) is 11.2. The minimum absolute atomic E-state index is 0.101.